The lowest BCUT2D eigenvalue weighted by atomic mass is 10.1. The van der Waals surface area contributed by atoms with Crippen LogP contribution in [0.15, 0.2) is 48.9 Å². The van der Waals surface area contributed by atoms with Crippen LogP contribution in [0.25, 0.3) is 10.9 Å². The molecule has 0 bridgehead atoms. The molecule has 1 aromatic carbocycles. The summed E-state index contributed by atoms with van der Waals surface area (Å²) in [5, 5.41) is 11.3. The van der Waals surface area contributed by atoms with E-state index in [1.807, 2.05) is 41.4 Å². The van der Waals surface area contributed by atoms with Gasteiger partial charge in [-0.3, -0.25) is 14.9 Å². The molecule has 0 spiro atoms. The van der Waals surface area contributed by atoms with Crippen LogP contribution in [0.1, 0.15) is 22.3 Å². The number of carbonyl (C=O) groups is 1. The topological polar surface area (TPSA) is 73.9 Å². The van der Waals surface area contributed by atoms with Gasteiger partial charge in [-0.05, 0) is 55.3 Å². The molecule has 0 radical (unpaired) electrons. The number of carbonyl (C=O) groups excluding carboxylic acids is 1. The van der Waals surface area contributed by atoms with Gasteiger partial charge >= 0.3 is 0 Å². The number of aromatic nitrogens is 3. The van der Waals surface area contributed by atoms with Crippen molar-refractivity contribution in [2.75, 3.05) is 19.6 Å². The van der Waals surface area contributed by atoms with Gasteiger partial charge in [0.15, 0.2) is 0 Å². The first-order chi connectivity index (χ1) is 12.3. The Labute approximate surface area is 146 Å². The van der Waals surface area contributed by atoms with Crippen molar-refractivity contribution in [2.24, 2.45) is 5.92 Å². The fraction of sp³-hybridized carbons (Fsp3) is 0.316. The number of hydrogen-bond acceptors (Lipinski definition) is 4. The first-order valence-corrected chi connectivity index (χ1v) is 8.61. The predicted octanol–water partition coefficient (Wildman–Crippen LogP) is 2.21. The molecule has 6 heteroatoms. The first-order valence-electron chi connectivity index (χ1n) is 8.61. The number of H-pyrrole nitrogens is 1. The Morgan fingerprint density at radius 1 is 1.28 bits per heavy atom. The van der Waals surface area contributed by atoms with Crippen LogP contribution in [-0.4, -0.2) is 45.6 Å². The molecule has 1 fully saturated rings. The zero-order valence-corrected chi connectivity index (χ0v) is 14.0. The van der Waals surface area contributed by atoms with Gasteiger partial charge in [-0.25, -0.2) is 0 Å². The second-order valence-corrected chi connectivity index (χ2v) is 6.58. The van der Waals surface area contributed by atoms with Crippen LogP contribution >= 0.6 is 0 Å². The van der Waals surface area contributed by atoms with Crippen LogP contribution in [0.5, 0.6) is 0 Å². The van der Waals surface area contributed by atoms with Crippen LogP contribution < -0.4 is 5.32 Å². The molecule has 2 N–H and O–H groups in total. The summed E-state index contributed by atoms with van der Waals surface area (Å²) in [6.45, 7) is 3.33. The van der Waals surface area contributed by atoms with Gasteiger partial charge in [-0.1, -0.05) is 6.07 Å². The minimum absolute atomic E-state index is 0.0545. The molecule has 1 aliphatic rings. The Balaban J connectivity index is 1.59. The lowest BCUT2D eigenvalue weighted by Gasteiger charge is -2.26. The van der Waals surface area contributed by atoms with Gasteiger partial charge in [-0.2, -0.15) is 5.10 Å². The minimum Gasteiger partial charge on any atom is -0.334 e. The van der Waals surface area contributed by atoms with Crippen LogP contribution in [0.2, 0.25) is 0 Å². The Hall–Kier alpha value is -2.73. The van der Waals surface area contributed by atoms with Gasteiger partial charge in [-0.15, -0.1) is 0 Å². The lowest BCUT2D eigenvalue weighted by Crippen LogP contribution is -2.35. The molecule has 25 heavy (non-hydrogen) atoms. The Morgan fingerprint density at radius 2 is 2.24 bits per heavy atom. The van der Waals surface area contributed by atoms with Crippen molar-refractivity contribution in [1.82, 2.24) is 25.4 Å². The highest BCUT2D eigenvalue weighted by molar-refractivity contribution is 5.97. The lowest BCUT2D eigenvalue weighted by molar-refractivity contribution is 0.0718. The number of rotatable bonds is 5. The average molecular weight is 335 g/mol. The molecule has 128 valence electrons. The van der Waals surface area contributed by atoms with Crippen LogP contribution in [-0.2, 0) is 6.54 Å². The third kappa shape index (κ3) is 3.53. The molecule has 0 unspecified atom stereocenters. The fourth-order valence-corrected chi connectivity index (χ4v) is 3.37. The van der Waals surface area contributed by atoms with E-state index in [-0.39, 0.29) is 5.91 Å². The highest BCUT2D eigenvalue weighted by atomic mass is 16.2. The molecule has 3 heterocycles. The highest BCUT2D eigenvalue weighted by Crippen LogP contribution is 2.18. The second-order valence-electron chi connectivity index (χ2n) is 6.58. The largest absolute Gasteiger partial charge is 0.334 e. The molecule has 1 aliphatic heterocycles. The van der Waals surface area contributed by atoms with Gasteiger partial charge < -0.3 is 10.2 Å². The molecule has 2 aromatic heterocycles. The molecule has 1 atom stereocenters. The maximum atomic E-state index is 13.2. The van der Waals surface area contributed by atoms with Crippen LogP contribution in [0.4, 0.5) is 0 Å². The van der Waals surface area contributed by atoms with Crippen molar-refractivity contribution in [3.63, 3.8) is 0 Å². The molecule has 4 rings (SSSR count). The van der Waals surface area contributed by atoms with Gasteiger partial charge in [0.05, 0.1) is 11.7 Å². The van der Waals surface area contributed by atoms with E-state index >= 15 is 0 Å². The summed E-state index contributed by atoms with van der Waals surface area (Å²) in [7, 11) is 0. The molecular formula is C19H21N5O. The molecule has 0 saturated carbocycles. The number of pyridine rings is 1. The van der Waals surface area contributed by atoms with Gasteiger partial charge in [0, 0.05) is 36.4 Å². The SMILES string of the molecule is O=C(c1ccc2[nH]ncc2c1)N(Cc1cccnc1)C[C@H]1CCNC1. The van der Waals surface area contributed by atoms with Gasteiger partial charge in [0.25, 0.3) is 5.91 Å². The van der Waals surface area contributed by atoms with E-state index in [2.05, 4.69) is 20.5 Å². The summed E-state index contributed by atoms with van der Waals surface area (Å²) < 4.78 is 0. The summed E-state index contributed by atoms with van der Waals surface area (Å²) in [5.41, 5.74) is 2.69. The summed E-state index contributed by atoms with van der Waals surface area (Å²) in [6, 6.07) is 9.61. The van der Waals surface area contributed by atoms with Crippen molar-refractivity contribution >= 4 is 16.8 Å². The molecule has 3 aromatic rings. The van der Waals surface area contributed by atoms with Gasteiger partial charge in [0.2, 0.25) is 0 Å². The summed E-state index contributed by atoms with van der Waals surface area (Å²) in [5.74, 6) is 0.553. The molecule has 6 nitrogen and oxygen atoms in total. The number of amides is 1. The Bertz CT molecular complexity index is 854. The number of benzene rings is 1. The predicted molar refractivity (Wildman–Crippen MR) is 96.0 cm³/mol. The average Bonchev–Trinajstić information content (AvgIpc) is 3.32. The smallest absolute Gasteiger partial charge is 0.254 e. The molecular weight excluding hydrogens is 314 g/mol. The maximum Gasteiger partial charge on any atom is 0.254 e. The van der Waals surface area contributed by atoms with Crippen molar-refractivity contribution in [3.8, 4) is 0 Å². The van der Waals surface area contributed by atoms with Crippen LogP contribution in [0.3, 0.4) is 0 Å². The maximum absolute atomic E-state index is 13.2. The van der Waals surface area contributed by atoms with E-state index < -0.39 is 0 Å². The first kappa shape index (κ1) is 15.8. The highest BCUT2D eigenvalue weighted by Gasteiger charge is 2.23. The normalized spacial score (nSPS) is 17.0. The zero-order valence-electron chi connectivity index (χ0n) is 14.0. The van der Waals surface area contributed by atoms with E-state index in [1.54, 1.807) is 12.4 Å². The zero-order chi connectivity index (χ0) is 17.1. The summed E-state index contributed by atoms with van der Waals surface area (Å²) in [4.78, 5) is 19.3. The van der Waals surface area contributed by atoms with Crippen molar-refractivity contribution < 1.29 is 4.79 Å². The van der Waals surface area contributed by atoms with E-state index in [0.717, 1.165) is 42.5 Å². The number of fused-ring (bicyclic) bond motifs is 1. The third-order valence-electron chi connectivity index (χ3n) is 4.71. The van der Waals surface area contributed by atoms with Gasteiger partial charge in [0.1, 0.15) is 0 Å². The standard InChI is InChI=1S/C19H21N5O/c25-19(16-3-4-18-17(8-16)11-22-23-18)24(13-15-5-7-21-10-15)12-14-2-1-6-20-9-14/h1-4,6,8-9,11,15,21H,5,7,10,12-13H2,(H,22,23)/t15-/m0/s1. The third-order valence-corrected chi connectivity index (χ3v) is 4.71. The van der Waals surface area contributed by atoms with Crippen molar-refractivity contribution in [1.29, 1.82) is 0 Å². The minimum atomic E-state index is 0.0545. The molecule has 1 amide bonds. The van der Waals surface area contributed by atoms with E-state index in [9.17, 15) is 4.79 Å². The van der Waals surface area contributed by atoms with Crippen LogP contribution in [0, 0.1) is 5.92 Å². The number of nitrogens with one attached hydrogen (secondary N) is 2. The number of aromatic amines is 1. The second kappa shape index (κ2) is 7.03. The molecule has 0 aliphatic carbocycles. The monoisotopic (exact) mass is 335 g/mol. The van der Waals surface area contributed by atoms with E-state index in [1.165, 1.54) is 0 Å². The van der Waals surface area contributed by atoms with Crippen molar-refractivity contribution in [2.45, 2.75) is 13.0 Å². The summed E-state index contributed by atoms with van der Waals surface area (Å²) >= 11 is 0. The fourth-order valence-electron chi connectivity index (χ4n) is 3.37. The summed E-state index contributed by atoms with van der Waals surface area (Å²) in [6.07, 6.45) is 6.44. The molecule has 1 saturated heterocycles. The van der Waals surface area contributed by atoms with E-state index in [0.29, 0.717) is 18.0 Å². The Kier molecular flexibility index (Phi) is 4.43. The van der Waals surface area contributed by atoms with Crippen molar-refractivity contribution in [3.05, 3.63) is 60.0 Å². The number of hydrogen-bond donors (Lipinski definition) is 2. The van der Waals surface area contributed by atoms with E-state index in [4.69, 9.17) is 0 Å². The number of nitrogens with zero attached hydrogens (tertiary/aromatic N) is 3. The Morgan fingerprint density at radius 3 is 3.04 bits per heavy atom. The quantitative estimate of drug-likeness (QED) is 0.750.